The Labute approximate surface area is 110 Å². The molecule has 5 heteroatoms. The van der Waals surface area contributed by atoms with Crippen LogP contribution in [0, 0.1) is 0 Å². The van der Waals surface area contributed by atoms with E-state index in [9.17, 15) is 0 Å². The fraction of sp³-hybridized carbons (Fsp3) is 0. The van der Waals surface area contributed by atoms with Crippen LogP contribution in [0.2, 0.25) is 0 Å². The Morgan fingerprint density at radius 3 is 1.42 bits per heavy atom. The Bertz CT molecular complexity index is 625. The van der Waals surface area contributed by atoms with Gasteiger partial charge < -0.3 is 5.73 Å². The van der Waals surface area contributed by atoms with E-state index in [0.717, 1.165) is 22.3 Å². The van der Waals surface area contributed by atoms with E-state index < -0.39 is 0 Å². The third-order valence-corrected chi connectivity index (χ3v) is 2.74. The number of anilines is 1. The molecule has 0 aliphatic heterocycles. The fourth-order valence-electron chi connectivity index (χ4n) is 1.88. The van der Waals surface area contributed by atoms with E-state index >= 15 is 0 Å². The van der Waals surface area contributed by atoms with Gasteiger partial charge in [-0.3, -0.25) is 0 Å². The molecule has 0 aliphatic rings. The lowest BCUT2D eigenvalue weighted by molar-refractivity contribution is 1.17. The van der Waals surface area contributed by atoms with Gasteiger partial charge in [0.2, 0.25) is 0 Å². The molecule has 3 rings (SSSR count). The molecular formula is C14H11N5. The van der Waals surface area contributed by atoms with Crippen molar-refractivity contribution in [3.63, 3.8) is 0 Å². The summed E-state index contributed by atoms with van der Waals surface area (Å²) in [5, 5.41) is 0. The first kappa shape index (κ1) is 11.3. The van der Waals surface area contributed by atoms with Gasteiger partial charge in [0.15, 0.2) is 0 Å². The average molecular weight is 249 g/mol. The third kappa shape index (κ3) is 2.40. The molecule has 1 aromatic carbocycles. The van der Waals surface area contributed by atoms with Crippen molar-refractivity contribution in [1.29, 1.82) is 0 Å². The Hall–Kier alpha value is -2.82. The minimum atomic E-state index is 0.681. The summed E-state index contributed by atoms with van der Waals surface area (Å²) in [4.78, 5) is 16.1. The molecule has 0 radical (unpaired) electrons. The summed E-state index contributed by atoms with van der Waals surface area (Å²) in [6.45, 7) is 0. The second kappa shape index (κ2) is 4.81. The lowest BCUT2D eigenvalue weighted by atomic mass is 10.0. The maximum absolute atomic E-state index is 5.95. The molecule has 0 fully saturated rings. The zero-order valence-corrected chi connectivity index (χ0v) is 10.1. The van der Waals surface area contributed by atoms with Gasteiger partial charge in [-0.1, -0.05) is 0 Å². The number of nitrogen functional groups attached to an aromatic ring is 1. The first-order valence-electron chi connectivity index (χ1n) is 5.74. The highest BCUT2D eigenvalue weighted by molar-refractivity contribution is 5.76. The van der Waals surface area contributed by atoms with Gasteiger partial charge in [-0.05, 0) is 29.3 Å². The molecule has 92 valence electrons. The van der Waals surface area contributed by atoms with Gasteiger partial charge in [0, 0.05) is 41.6 Å². The number of hydrogen-bond donors (Lipinski definition) is 1. The van der Waals surface area contributed by atoms with Gasteiger partial charge in [-0.25, -0.2) is 19.9 Å². The van der Waals surface area contributed by atoms with E-state index in [4.69, 9.17) is 5.73 Å². The summed E-state index contributed by atoms with van der Waals surface area (Å²) in [6, 6.07) is 5.81. The van der Waals surface area contributed by atoms with Crippen LogP contribution in [-0.4, -0.2) is 19.9 Å². The van der Waals surface area contributed by atoms with Crippen molar-refractivity contribution in [2.75, 3.05) is 5.73 Å². The number of rotatable bonds is 2. The zero-order chi connectivity index (χ0) is 13.1. The van der Waals surface area contributed by atoms with E-state index in [-0.39, 0.29) is 0 Å². The van der Waals surface area contributed by atoms with E-state index in [1.165, 1.54) is 12.7 Å². The Morgan fingerprint density at radius 1 is 0.579 bits per heavy atom. The zero-order valence-electron chi connectivity index (χ0n) is 10.1. The van der Waals surface area contributed by atoms with Crippen molar-refractivity contribution >= 4 is 5.69 Å². The molecule has 19 heavy (non-hydrogen) atoms. The smallest absolute Gasteiger partial charge is 0.115 e. The second-order valence-electron chi connectivity index (χ2n) is 4.10. The fourth-order valence-corrected chi connectivity index (χ4v) is 1.88. The minimum absolute atomic E-state index is 0.681. The molecule has 0 saturated carbocycles. The molecule has 2 N–H and O–H groups in total. The number of hydrogen-bond acceptors (Lipinski definition) is 5. The summed E-state index contributed by atoms with van der Waals surface area (Å²) < 4.78 is 0. The van der Waals surface area contributed by atoms with Crippen LogP contribution in [0.1, 0.15) is 0 Å². The first-order valence-corrected chi connectivity index (χ1v) is 5.74. The van der Waals surface area contributed by atoms with E-state index in [1.807, 2.05) is 18.2 Å². The molecule has 3 aromatic rings. The van der Waals surface area contributed by atoms with E-state index in [1.54, 1.807) is 24.8 Å². The SMILES string of the molecule is Nc1cc(-c2cncnc2)cc(-c2cncnc2)c1. The van der Waals surface area contributed by atoms with Crippen LogP contribution in [0.4, 0.5) is 5.69 Å². The first-order chi connectivity index (χ1) is 9.33. The van der Waals surface area contributed by atoms with Crippen LogP contribution in [-0.2, 0) is 0 Å². The Morgan fingerprint density at radius 2 is 1.00 bits per heavy atom. The van der Waals surface area contributed by atoms with Crippen molar-refractivity contribution < 1.29 is 0 Å². The summed E-state index contributed by atoms with van der Waals surface area (Å²) in [5.74, 6) is 0. The quantitative estimate of drug-likeness (QED) is 0.704. The maximum Gasteiger partial charge on any atom is 0.115 e. The number of nitrogens with two attached hydrogens (primary N) is 1. The third-order valence-electron chi connectivity index (χ3n) is 2.74. The van der Waals surface area contributed by atoms with Gasteiger partial charge in [0.05, 0.1) is 0 Å². The molecule has 0 unspecified atom stereocenters. The van der Waals surface area contributed by atoms with E-state index in [0.29, 0.717) is 5.69 Å². The Kier molecular flexibility index (Phi) is 2.86. The summed E-state index contributed by atoms with van der Waals surface area (Å²) in [6.07, 6.45) is 10.0. The van der Waals surface area contributed by atoms with Crippen molar-refractivity contribution in [3.05, 3.63) is 55.6 Å². The molecule has 0 spiro atoms. The summed E-state index contributed by atoms with van der Waals surface area (Å²) in [7, 11) is 0. The predicted octanol–water partition coefficient (Wildman–Crippen LogP) is 2.18. The van der Waals surface area contributed by atoms with Crippen LogP contribution in [0.5, 0.6) is 0 Å². The molecule has 0 aliphatic carbocycles. The Balaban J connectivity index is 2.12. The van der Waals surface area contributed by atoms with Crippen LogP contribution in [0.25, 0.3) is 22.3 Å². The van der Waals surface area contributed by atoms with Crippen molar-refractivity contribution in [3.8, 4) is 22.3 Å². The second-order valence-corrected chi connectivity index (χ2v) is 4.10. The standard InChI is InChI=1S/C14H11N5/c15-14-2-10(12-4-16-8-17-5-12)1-11(3-14)13-6-18-9-19-7-13/h1-9H,15H2. The number of aromatic nitrogens is 4. The van der Waals surface area contributed by atoms with Crippen LogP contribution in [0.3, 0.4) is 0 Å². The molecule has 0 atom stereocenters. The monoisotopic (exact) mass is 249 g/mol. The highest BCUT2D eigenvalue weighted by atomic mass is 14.8. The topological polar surface area (TPSA) is 77.6 Å². The molecule has 2 heterocycles. The van der Waals surface area contributed by atoms with Gasteiger partial charge in [-0.15, -0.1) is 0 Å². The lowest BCUT2D eigenvalue weighted by Gasteiger charge is -2.07. The molecule has 0 amide bonds. The van der Waals surface area contributed by atoms with Crippen LogP contribution >= 0.6 is 0 Å². The highest BCUT2D eigenvalue weighted by Gasteiger charge is 2.04. The van der Waals surface area contributed by atoms with E-state index in [2.05, 4.69) is 19.9 Å². The van der Waals surface area contributed by atoms with Crippen molar-refractivity contribution in [2.45, 2.75) is 0 Å². The molecule has 0 saturated heterocycles. The van der Waals surface area contributed by atoms with Gasteiger partial charge in [-0.2, -0.15) is 0 Å². The van der Waals surface area contributed by atoms with Gasteiger partial charge >= 0.3 is 0 Å². The van der Waals surface area contributed by atoms with Crippen LogP contribution < -0.4 is 5.73 Å². The van der Waals surface area contributed by atoms with Gasteiger partial charge in [0.1, 0.15) is 12.7 Å². The van der Waals surface area contributed by atoms with Crippen LogP contribution in [0.15, 0.2) is 55.6 Å². The largest absolute Gasteiger partial charge is 0.399 e. The molecular weight excluding hydrogens is 238 g/mol. The van der Waals surface area contributed by atoms with Gasteiger partial charge in [0.25, 0.3) is 0 Å². The number of nitrogens with zero attached hydrogens (tertiary/aromatic N) is 4. The summed E-state index contributed by atoms with van der Waals surface area (Å²) >= 11 is 0. The van der Waals surface area contributed by atoms with Crippen molar-refractivity contribution in [1.82, 2.24) is 19.9 Å². The molecule has 0 bridgehead atoms. The maximum atomic E-state index is 5.95. The normalized spacial score (nSPS) is 10.3. The summed E-state index contributed by atoms with van der Waals surface area (Å²) in [5.41, 5.74) is 10.4. The minimum Gasteiger partial charge on any atom is -0.399 e. The lowest BCUT2D eigenvalue weighted by Crippen LogP contribution is -1.90. The average Bonchev–Trinajstić information content (AvgIpc) is 2.48. The highest BCUT2D eigenvalue weighted by Crippen LogP contribution is 2.27. The number of benzene rings is 1. The molecule has 2 aromatic heterocycles. The molecule has 5 nitrogen and oxygen atoms in total. The van der Waals surface area contributed by atoms with Crippen molar-refractivity contribution in [2.24, 2.45) is 0 Å². The predicted molar refractivity (Wildman–Crippen MR) is 72.9 cm³/mol.